The molecule has 1 fully saturated rings. The molecule has 2 N–H and O–H groups in total. The van der Waals surface area contributed by atoms with Crippen LogP contribution in [-0.4, -0.2) is 41.0 Å². The fourth-order valence-electron chi connectivity index (χ4n) is 4.30. The van der Waals surface area contributed by atoms with Crippen LogP contribution in [-0.2, 0) is 16.0 Å². The zero-order valence-electron chi connectivity index (χ0n) is 20.5. The number of hydrogen-bond donors (Lipinski definition) is 2. The lowest BCUT2D eigenvalue weighted by molar-refractivity contribution is -0.127. The summed E-state index contributed by atoms with van der Waals surface area (Å²) in [5, 5.41) is 5.94. The van der Waals surface area contributed by atoms with Gasteiger partial charge >= 0.3 is 6.03 Å². The van der Waals surface area contributed by atoms with Gasteiger partial charge in [-0.15, -0.1) is 0 Å². The fourth-order valence-corrected chi connectivity index (χ4v) is 4.46. The first-order chi connectivity index (χ1) is 17.2. The molecule has 0 radical (unpaired) electrons. The number of carbonyl (C=O) groups is 3. The van der Waals surface area contributed by atoms with Crippen LogP contribution in [0, 0.1) is 13.8 Å². The van der Waals surface area contributed by atoms with Gasteiger partial charge in [-0.2, -0.15) is 0 Å². The molecule has 0 atom stereocenters. The number of methoxy groups -OCH3 is 1. The van der Waals surface area contributed by atoms with Gasteiger partial charge in [0.05, 0.1) is 12.8 Å². The van der Waals surface area contributed by atoms with E-state index in [1.807, 2.05) is 49.6 Å². The number of urea groups is 1. The molecule has 0 aliphatic carbocycles. The molecule has 2 heterocycles. The first-order valence-corrected chi connectivity index (χ1v) is 11.9. The Labute approximate surface area is 214 Å². The van der Waals surface area contributed by atoms with E-state index in [4.69, 9.17) is 16.3 Å². The maximum Gasteiger partial charge on any atom is 0.329 e. The number of anilines is 1. The highest BCUT2D eigenvalue weighted by atomic mass is 35.5. The standard InChI is InChI=1S/C27H27ClN4O4/c1-5-18-8-6-7-9-21(18)29-25(33)15-31-26(34)22(30-27(31)35)13-19-12-16(2)32(17(19)3)23-14-20(28)10-11-24(23)36-4/h6-14H,5,15H2,1-4H3,(H,29,33)(H,30,35)/b22-13+. The van der Waals surface area contributed by atoms with E-state index in [0.29, 0.717) is 16.5 Å². The summed E-state index contributed by atoms with van der Waals surface area (Å²) >= 11 is 6.22. The molecule has 2 aromatic carbocycles. The van der Waals surface area contributed by atoms with Crippen LogP contribution in [0.3, 0.4) is 0 Å². The minimum absolute atomic E-state index is 0.0973. The van der Waals surface area contributed by atoms with E-state index in [2.05, 4.69) is 10.6 Å². The van der Waals surface area contributed by atoms with Crippen LogP contribution in [0.4, 0.5) is 10.5 Å². The number of ether oxygens (including phenoxy) is 1. The molecule has 1 aliphatic heterocycles. The number of amides is 4. The normalized spacial score (nSPS) is 14.4. The summed E-state index contributed by atoms with van der Waals surface area (Å²) in [5.74, 6) is -0.372. The van der Waals surface area contributed by atoms with Crippen LogP contribution < -0.4 is 15.4 Å². The molecule has 4 rings (SSSR count). The number of nitrogens with zero attached hydrogens (tertiary/aromatic N) is 2. The molecule has 8 nitrogen and oxygen atoms in total. The Bertz CT molecular complexity index is 1390. The minimum Gasteiger partial charge on any atom is -0.495 e. The summed E-state index contributed by atoms with van der Waals surface area (Å²) in [4.78, 5) is 39.0. The lowest BCUT2D eigenvalue weighted by Gasteiger charge is -2.14. The van der Waals surface area contributed by atoms with Crippen molar-refractivity contribution in [3.05, 3.63) is 81.8 Å². The van der Waals surface area contributed by atoms with Gasteiger partial charge in [-0.25, -0.2) is 9.69 Å². The van der Waals surface area contributed by atoms with E-state index >= 15 is 0 Å². The average molecular weight is 507 g/mol. The Morgan fingerprint density at radius 3 is 2.61 bits per heavy atom. The largest absolute Gasteiger partial charge is 0.495 e. The lowest BCUT2D eigenvalue weighted by atomic mass is 10.1. The summed E-state index contributed by atoms with van der Waals surface area (Å²) in [6.07, 6.45) is 2.35. The van der Waals surface area contributed by atoms with E-state index in [1.165, 1.54) is 0 Å². The van der Waals surface area contributed by atoms with Crippen molar-refractivity contribution in [1.82, 2.24) is 14.8 Å². The molecule has 186 valence electrons. The molecule has 3 aromatic rings. The predicted molar refractivity (Wildman–Crippen MR) is 139 cm³/mol. The Morgan fingerprint density at radius 2 is 1.89 bits per heavy atom. The molecule has 0 unspecified atom stereocenters. The molecular formula is C27H27ClN4O4. The predicted octanol–water partition coefficient (Wildman–Crippen LogP) is 4.85. The van der Waals surface area contributed by atoms with Crippen molar-refractivity contribution in [2.45, 2.75) is 27.2 Å². The molecule has 1 aliphatic rings. The number of nitrogens with one attached hydrogen (secondary N) is 2. The Balaban J connectivity index is 1.57. The van der Waals surface area contributed by atoms with E-state index in [1.54, 1.807) is 37.5 Å². The summed E-state index contributed by atoms with van der Waals surface area (Å²) in [6.45, 7) is 5.42. The first-order valence-electron chi connectivity index (χ1n) is 11.5. The summed E-state index contributed by atoms with van der Waals surface area (Å²) < 4.78 is 7.46. The maximum atomic E-state index is 13.0. The highest BCUT2D eigenvalue weighted by molar-refractivity contribution is 6.30. The zero-order chi connectivity index (χ0) is 26.0. The van der Waals surface area contributed by atoms with Crippen molar-refractivity contribution < 1.29 is 19.1 Å². The smallest absolute Gasteiger partial charge is 0.329 e. The van der Waals surface area contributed by atoms with Crippen LogP contribution >= 0.6 is 11.6 Å². The van der Waals surface area contributed by atoms with Gasteiger partial charge in [0.15, 0.2) is 0 Å². The van der Waals surface area contributed by atoms with Crippen LogP contribution in [0.2, 0.25) is 5.02 Å². The van der Waals surface area contributed by atoms with Crippen LogP contribution in [0.5, 0.6) is 5.75 Å². The third kappa shape index (κ3) is 4.85. The van der Waals surface area contributed by atoms with Crippen molar-refractivity contribution in [2.75, 3.05) is 19.0 Å². The molecule has 1 aromatic heterocycles. The highest BCUT2D eigenvalue weighted by Crippen LogP contribution is 2.31. The lowest BCUT2D eigenvalue weighted by Crippen LogP contribution is -2.38. The maximum absolute atomic E-state index is 13.0. The van der Waals surface area contributed by atoms with Crippen LogP contribution in [0.15, 0.2) is 54.2 Å². The van der Waals surface area contributed by atoms with Gasteiger partial charge in [-0.3, -0.25) is 9.59 Å². The molecule has 9 heteroatoms. The van der Waals surface area contributed by atoms with E-state index in [-0.39, 0.29) is 5.70 Å². The Morgan fingerprint density at radius 1 is 1.14 bits per heavy atom. The van der Waals surface area contributed by atoms with Crippen molar-refractivity contribution in [1.29, 1.82) is 0 Å². The SMILES string of the molecule is CCc1ccccc1NC(=O)CN1C(=O)N/C(=C/c2cc(C)n(-c3cc(Cl)ccc3OC)c2C)C1=O. The molecular weight excluding hydrogens is 480 g/mol. The Kier molecular flexibility index (Phi) is 7.17. The first kappa shape index (κ1) is 25.1. The fraction of sp³-hybridized carbons (Fsp3) is 0.222. The molecule has 4 amide bonds. The second-order valence-corrected chi connectivity index (χ2v) is 8.85. The van der Waals surface area contributed by atoms with Crippen LogP contribution in [0.25, 0.3) is 11.8 Å². The van der Waals surface area contributed by atoms with Gasteiger partial charge in [-0.1, -0.05) is 36.7 Å². The summed E-state index contributed by atoms with van der Waals surface area (Å²) in [7, 11) is 1.59. The van der Waals surface area contributed by atoms with Gasteiger partial charge in [0, 0.05) is 22.1 Å². The van der Waals surface area contributed by atoms with Gasteiger partial charge in [0.2, 0.25) is 5.91 Å². The number of aryl methyl sites for hydroxylation is 2. The second-order valence-electron chi connectivity index (χ2n) is 8.42. The van der Waals surface area contributed by atoms with Gasteiger partial charge in [0.1, 0.15) is 18.0 Å². The number of carbonyl (C=O) groups excluding carboxylic acids is 3. The quantitative estimate of drug-likeness (QED) is 0.354. The van der Waals surface area contributed by atoms with E-state index < -0.39 is 24.4 Å². The van der Waals surface area contributed by atoms with E-state index in [9.17, 15) is 14.4 Å². The number of hydrogen-bond acceptors (Lipinski definition) is 4. The molecule has 0 saturated carbocycles. The number of halogens is 1. The van der Waals surface area contributed by atoms with Crippen molar-refractivity contribution in [3.63, 3.8) is 0 Å². The summed E-state index contributed by atoms with van der Waals surface area (Å²) in [6, 6.07) is 14.0. The molecule has 36 heavy (non-hydrogen) atoms. The topological polar surface area (TPSA) is 92.7 Å². The number of imide groups is 1. The minimum atomic E-state index is -0.643. The number of benzene rings is 2. The number of aromatic nitrogens is 1. The van der Waals surface area contributed by atoms with Crippen molar-refractivity contribution in [3.8, 4) is 11.4 Å². The van der Waals surface area contributed by atoms with Crippen LogP contribution in [0.1, 0.15) is 29.4 Å². The van der Waals surface area contributed by atoms with E-state index in [0.717, 1.165) is 39.5 Å². The molecule has 1 saturated heterocycles. The van der Waals surface area contributed by atoms with Crippen molar-refractivity contribution in [2.24, 2.45) is 0 Å². The Hall–Kier alpha value is -4.04. The van der Waals surface area contributed by atoms with Gasteiger partial charge in [0.25, 0.3) is 5.91 Å². The third-order valence-corrected chi connectivity index (χ3v) is 6.32. The van der Waals surface area contributed by atoms with Gasteiger partial charge < -0.3 is 19.9 Å². The zero-order valence-corrected chi connectivity index (χ0v) is 21.3. The number of rotatable bonds is 7. The highest BCUT2D eigenvalue weighted by Gasteiger charge is 2.35. The second kappa shape index (κ2) is 10.3. The molecule has 0 bridgehead atoms. The molecule has 0 spiro atoms. The number of para-hydroxylation sites is 1. The average Bonchev–Trinajstić information content (AvgIpc) is 3.28. The van der Waals surface area contributed by atoms with Crippen molar-refractivity contribution >= 4 is 41.2 Å². The van der Waals surface area contributed by atoms with Gasteiger partial charge in [-0.05, 0) is 67.8 Å². The third-order valence-electron chi connectivity index (χ3n) is 6.09. The monoisotopic (exact) mass is 506 g/mol. The summed E-state index contributed by atoms with van der Waals surface area (Å²) in [5.41, 5.74) is 4.95.